The van der Waals surface area contributed by atoms with Crippen LogP contribution in [0.5, 0.6) is 0 Å². The molecule has 0 bridgehead atoms. The molecule has 0 unspecified atom stereocenters. The van der Waals surface area contributed by atoms with Crippen LogP contribution in [0.2, 0.25) is 0 Å². The molecule has 123 valence electrons. The van der Waals surface area contributed by atoms with Crippen molar-refractivity contribution < 1.29 is 5.11 Å². The lowest BCUT2D eigenvalue weighted by Gasteiger charge is -2.22. The molecular formula is C19H24BrN2O. The van der Waals surface area contributed by atoms with Crippen molar-refractivity contribution >= 4 is 15.9 Å². The first-order valence-corrected chi connectivity index (χ1v) is 9.32. The van der Waals surface area contributed by atoms with Crippen molar-refractivity contribution in [1.82, 2.24) is 9.78 Å². The predicted molar refractivity (Wildman–Crippen MR) is 97.0 cm³/mol. The fourth-order valence-electron chi connectivity index (χ4n) is 3.31. The molecule has 1 saturated carbocycles. The first-order valence-electron chi connectivity index (χ1n) is 8.52. The highest BCUT2D eigenvalue weighted by Gasteiger charge is 2.20. The molecule has 1 radical (unpaired) electrons. The Bertz CT molecular complexity index is 618. The lowest BCUT2D eigenvalue weighted by atomic mass is 9.89. The Hall–Kier alpha value is -1.13. The minimum absolute atomic E-state index is 0.219. The number of aromatic nitrogens is 2. The molecule has 2 aromatic rings. The van der Waals surface area contributed by atoms with E-state index in [1.54, 1.807) is 0 Å². The highest BCUT2D eigenvalue weighted by atomic mass is 79.9. The highest BCUT2D eigenvalue weighted by Crippen LogP contribution is 2.33. The van der Waals surface area contributed by atoms with Crippen LogP contribution >= 0.6 is 15.9 Å². The van der Waals surface area contributed by atoms with Crippen LogP contribution in [-0.2, 0) is 13.0 Å². The summed E-state index contributed by atoms with van der Waals surface area (Å²) in [4.78, 5) is 0. The van der Waals surface area contributed by atoms with Gasteiger partial charge in [0.15, 0.2) is 0 Å². The number of halogens is 1. The molecule has 23 heavy (non-hydrogen) atoms. The minimum atomic E-state index is 0.219. The predicted octanol–water partition coefficient (Wildman–Crippen LogP) is 4.63. The summed E-state index contributed by atoms with van der Waals surface area (Å²) in [6, 6.07) is 10.3. The summed E-state index contributed by atoms with van der Waals surface area (Å²) in [5, 5.41) is 14.1. The SMILES string of the molecule is OCCCc1c(Br)c(-c2ccccc2)nn1CC1CC[CH]CC1. The van der Waals surface area contributed by atoms with Gasteiger partial charge in [0, 0.05) is 18.7 Å². The maximum atomic E-state index is 9.21. The molecular weight excluding hydrogens is 352 g/mol. The first kappa shape index (κ1) is 16.7. The fraction of sp³-hybridized carbons (Fsp3) is 0.474. The smallest absolute Gasteiger partial charge is 0.107 e. The molecule has 1 aromatic heterocycles. The van der Waals surface area contributed by atoms with Crippen LogP contribution in [0.4, 0.5) is 0 Å². The number of nitrogens with zero attached hydrogens (tertiary/aromatic N) is 2. The van der Waals surface area contributed by atoms with Gasteiger partial charge in [0.2, 0.25) is 0 Å². The zero-order valence-corrected chi connectivity index (χ0v) is 15.0. The molecule has 0 aliphatic heterocycles. The monoisotopic (exact) mass is 375 g/mol. The van der Waals surface area contributed by atoms with Crippen LogP contribution in [0, 0.1) is 12.3 Å². The Morgan fingerprint density at radius 3 is 2.61 bits per heavy atom. The zero-order chi connectivity index (χ0) is 16.1. The Morgan fingerprint density at radius 2 is 1.91 bits per heavy atom. The van der Waals surface area contributed by atoms with Crippen molar-refractivity contribution in [2.75, 3.05) is 6.61 Å². The van der Waals surface area contributed by atoms with E-state index >= 15 is 0 Å². The van der Waals surface area contributed by atoms with Gasteiger partial charge in [-0.2, -0.15) is 5.10 Å². The van der Waals surface area contributed by atoms with Gasteiger partial charge in [0.1, 0.15) is 5.69 Å². The van der Waals surface area contributed by atoms with Crippen LogP contribution in [0.15, 0.2) is 34.8 Å². The van der Waals surface area contributed by atoms with Crippen molar-refractivity contribution in [1.29, 1.82) is 0 Å². The fourth-order valence-corrected chi connectivity index (χ4v) is 4.03. The van der Waals surface area contributed by atoms with Crippen LogP contribution in [0.3, 0.4) is 0 Å². The van der Waals surface area contributed by atoms with Crippen LogP contribution in [0.1, 0.15) is 37.8 Å². The lowest BCUT2D eigenvalue weighted by Crippen LogP contribution is -2.17. The molecule has 0 spiro atoms. The van der Waals surface area contributed by atoms with Crippen molar-refractivity contribution in [3.05, 3.63) is 46.9 Å². The molecule has 1 aliphatic rings. The van der Waals surface area contributed by atoms with Gasteiger partial charge < -0.3 is 5.11 Å². The van der Waals surface area contributed by atoms with Gasteiger partial charge >= 0.3 is 0 Å². The van der Waals surface area contributed by atoms with E-state index < -0.39 is 0 Å². The lowest BCUT2D eigenvalue weighted by molar-refractivity contribution is 0.285. The summed E-state index contributed by atoms with van der Waals surface area (Å²) in [7, 11) is 0. The summed E-state index contributed by atoms with van der Waals surface area (Å²) in [5.41, 5.74) is 3.37. The molecule has 4 heteroatoms. The second-order valence-electron chi connectivity index (χ2n) is 6.29. The molecule has 3 nitrogen and oxygen atoms in total. The molecule has 0 saturated heterocycles. The molecule has 1 aliphatic carbocycles. The molecule has 0 amide bonds. The number of benzene rings is 1. The number of hydrogen-bond donors (Lipinski definition) is 1. The quantitative estimate of drug-likeness (QED) is 0.798. The van der Waals surface area contributed by atoms with Gasteiger partial charge in [0.25, 0.3) is 0 Å². The number of hydrogen-bond acceptors (Lipinski definition) is 2. The molecule has 3 rings (SSSR count). The zero-order valence-electron chi connectivity index (χ0n) is 13.4. The van der Waals surface area contributed by atoms with E-state index in [9.17, 15) is 5.11 Å². The van der Waals surface area contributed by atoms with E-state index in [1.165, 1.54) is 31.4 Å². The van der Waals surface area contributed by atoms with Gasteiger partial charge in [-0.25, -0.2) is 0 Å². The summed E-state index contributed by atoms with van der Waals surface area (Å²) >= 11 is 3.76. The van der Waals surface area contributed by atoms with E-state index in [0.29, 0.717) is 5.92 Å². The van der Waals surface area contributed by atoms with Crippen LogP contribution < -0.4 is 0 Å². The Kier molecular flexibility index (Phi) is 5.90. The standard InChI is InChI=1S/C19H24BrN2O/c20-18-17(12-7-13-23)22(14-15-8-3-1-4-9-15)21-19(18)16-10-5-2-6-11-16/h1-2,5-6,10-11,15,23H,3-4,7-9,12-14H2. The topological polar surface area (TPSA) is 38.1 Å². The van der Waals surface area contributed by atoms with Gasteiger partial charge in [-0.15, -0.1) is 0 Å². The second-order valence-corrected chi connectivity index (χ2v) is 7.09. The molecule has 0 atom stereocenters. The van der Waals surface area contributed by atoms with Crippen molar-refractivity contribution in [3.8, 4) is 11.3 Å². The average Bonchev–Trinajstić information content (AvgIpc) is 2.90. The van der Waals surface area contributed by atoms with E-state index in [0.717, 1.165) is 35.1 Å². The van der Waals surface area contributed by atoms with Crippen molar-refractivity contribution in [2.24, 2.45) is 5.92 Å². The van der Waals surface area contributed by atoms with Gasteiger partial charge in [-0.1, -0.05) is 30.3 Å². The molecule has 1 N–H and O–H groups in total. The average molecular weight is 376 g/mol. The summed E-state index contributed by atoms with van der Waals surface area (Å²) in [6.45, 7) is 1.21. The van der Waals surface area contributed by atoms with Crippen molar-refractivity contribution in [2.45, 2.75) is 45.1 Å². The number of rotatable bonds is 6. The third-order valence-corrected chi connectivity index (χ3v) is 5.43. The first-order chi connectivity index (χ1) is 11.3. The van der Waals surface area contributed by atoms with E-state index in [2.05, 4.69) is 39.2 Å². The highest BCUT2D eigenvalue weighted by molar-refractivity contribution is 9.10. The van der Waals surface area contributed by atoms with E-state index in [-0.39, 0.29) is 6.61 Å². The summed E-state index contributed by atoms with van der Waals surface area (Å²) in [5.74, 6) is 0.711. The maximum Gasteiger partial charge on any atom is 0.107 e. The van der Waals surface area contributed by atoms with Crippen LogP contribution in [-0.4, -0.2) is 21.5 Å². The third-order valence-electron chi connectivity index (χ3n) is 4.60. The van der Waals surface area contributed by atoms with E-state index in [1.807, 2.05) is 18.2 Å². The van der Waals surface area contributed by atoms with Crippen molar-refractivity contribution in [3.63, 3.8) is 0 Å². The van der Waals surface area contributed by atoms with E-state index in [4.69, 9.17) is 5.10 Å². The molecule has 1 heterocycles. The normalized spacial score (nSPS) is 15.9. The van der Waals surface area contributed by atoms with Gasteiger partial charge in [-0.05, 0) is 66.8 Å². The third kappa shape index (κ3) is 4.04. The minimum Gasteiger partial charge on any atom is -0.396 e. The number of aliphatic hydroxyl groups is 1. The number of aliphatic hydroxyl groups excluding tert-OH is 1. The van der Waals surface area contributed by atoms with Crippen LogP contribution in [0.25, 0.3) is 11.3 Å². The Balaban J connectivity index is 1.89. The largest absolute Gasteiger partial charge is 0.396 e. The summed E-state index contributed by atoms with van der Waals surface area (Å²) in [6.07, 6.45) is 9.01. The van der Waals surface area contributed by atoms with Gasteiger partial charge in [0.05, 0.1) is 10.2 Å². The second kappa shape index (κ2) is 8.11. The Labute approximate surface area is 146 Å². The molecule has 1 aromatic carbocycles. The molecule has 1 fully saturated rings. The summed E-state index contributed by atoms with van der Waals surface area (Å²) < 4.78 is 3.26. The maximum absolute atomic E-state index is 9.21. The van der Waals surface area contributed by atoms with Gasteiger partial charge in [-0.3, -0.25) is 4.68 Å². The Morgan fingerprint density at radius 1 is 1.17 bits per heavy atom.